The summed E-state index contributed by atoms with van der Waals surface area (Å²) in [7, 11) is 0. The van der Waals surface area contributed by atoms with Crippen LogP contribution in [0.3, 0.4) is 0 Å². The van der Waals surface area contributed by atoms with E-state index in [1.54, 1.807) is 14.0 Å². The molecule has 3 N–H and O–H groups in total. The van der Waals surface area contributed by atoms with Crippen LogP contribution in [-0.4, -0.2) is 43.8 Å². The number of aromatic nitrogens is 1. The van der Waals surface area contributed by atoms with Crippen LogP contribution in [0.1, 0.15) is 51.3 Å². The van der Waals surface area contributed by atoms with Crippen LogP contribution in [0, 0.1) is 3.70 Å². The van der Waals surface area contributed by atoms with E-state index in [2.05, 4.69) is 52.5 Å². The number of aliphatic imine (C=N–C) groups is 1. The number of carbonyl (C=O) groups is 1. The van der Waals surface area contributed by atoms with Gasteiger partial charge in [-0.05, 0) is 0 Å². The van der Waals surface area contributed by atoms with Crippen LogP contribution >= 0.6 is 20.7 Å². The number of pyridine rings is 1. The van der Waals surface area contributed by atoms with Crippen molar-refractivity contribution in [3.05, 3.63) is 61.0 Å². The predicted octanol–water partition coefficient (Wildman–Crippen LogP) is 1.50. The number of allylic oxidation sites excluding steroid dienone is 2. The standard InChI is InChI=1S/C27H34I2N5O/c1-4-27(30)33-22-7-5-20(6-8-22)14-24-15-25(34-11-9-23(10-12-34)31-19(3)35)16-26(32-24)29-21-13-18(2)28-17-21/h5-8,13,15-16,23H,4,9-12,14,17H2,1-3H3,(H2,30,33)(H,31,35)/q-1. The molecule has 1 saturated heterocycles. The van der Waals surface area contributed by atoms with Gasteiger partial charge in [0.05, 0.1) is 0 Å². The van der Waals surface area contributed by atoms with Gasteiger partial charge in [0, 0.05) is 0 Å². The van der Waals surface area contributed by atoms with Gasteiger partial charge in [0.15, 0.2) is 0 Å². The van der Waals surface area contributed by atoms with Crippen molar-refractivity contribution in [2.75, 3.05) is 22.4 Å². The van der Waals surface area contributed by atoms with Crippen molar-refractivity contribution in [2.45, 2.75) is 52.5 Å². The van der Waals surface area contributed by atoms with Crippen molar-refractivity contribution >= 4 is 47.4 Å². The number of halogens is 2. The van der Waals surface area contributed by atoms with Gasteiger partial charge in [-0.1, -0.05) is 0 Å². The molecule has 0 aliphatic carbocycles. The van der Waals surface area contributed by atoms with Gasteiger partial charge in [0.25, 0.3) is 0 Å². The molecule has 0 bridgehead atoms. The molecule has 0 radical (unpaired) electrons. The first-order chi connectivity index (χ1) is 16.9. The Bertz CT molecular complexity index is 1150. The Kier molecular flexibility index (Phi) is 9.32. The third-order valence-corrected chi connectivity index (χ3v) is 12.7. The quantitative estimate of drug-likeness (QED) is 0.144. The summed E-state index contributed by atoms with van der Waals surface area (Å²) in [6.07, 6.45) is 5.95. The fourth-order valence-electron chi connectivity index (χ4n) is 4.21. The summed E-state index contributed by atoms with van der Waals surface area (Å²) in [6, 6.07) is 13.2. The van der Waals surface area contributed by atoms with Crippen LogP contribution < -0.4 is 37.2 Å². The van der Waals surface area contributed by atoms with E-state index in [-0.39, 0.29) is 53.9 Å². The van der Waals surface area contributed by atoms with Crippen molar-refractivity contribution in [1.82, 2.24) is 10.3 Å². The number of benzene rings is 1. The fraction of sp³-hybridized carbons (Fsp3) is 0.407. The molecule has 1 amide bonds. The van der Waals surface area contributed by atoms with Crippen molar-refractivity contribution in [3.63, 3.8) is 0 Å². The second-order valence-electron chi connectivity index (χ2n) is 8.94. The summed E-state index contributed by atoms with van der Waals surface area (Å²) in [5.74, 6) is 0.717. The number of piperidine rings is 1. The van der Waals surface area contributed by atoms with Crippen LogP contribution in [0.15, 0.2) is 51.0 Å². The number of nitrogens with two attached hydrogens (primary N) is 1. The Hall–Kier alpha value is -1.82. The van der Waals surface area contributed by atoms with Crippen LogP contribution in [-0.2, 0) is 11.2 Å². The van der Waals surface area contributed by atoms with Gasteiger partial charge in [0.1, 0.15) is 0 Å². The van der Waals surface area contributed by atoms with Crippen molar-refractivity contribution in [3.8, 4) is 0 Å². The summed E-state index contributed by atoms with van der Waals surface area (Å²) >= 11 is -0.0269. The van der Waals surface area contributed by atoms with E-state index in [0.717, 1.165) is 50.2 Å². The molecule has 1 aromatic carbocycles. The van der Waals surface area contributed by atoms with E-state index in [4.69, 9.17) is 10.7 Å². The molecule has 0 spiro atoms. The fourth-order valence-corrected chi connectivity index (χ4v) is 10.9. The molecule has 1 fully saturated rings. The summed E-state index contributed by atoms with van der Waals surface area (Å²) < 4.78 is 5.79. The molecular formula is C27H34I2N5O-. The molecule has 1 aromatic heterocycles. The monoisotopic (exact) mass is 698 g/mol. The van der Waals surface area contributed by atoms with Crippen molar-refractivity contribution in [2.24, 2.45) is 10.7 Å². The molecular weight excluding hydrogens is 664 g/mol. The van der Waals surface area contributed by atoms with Gasteiger partial charge in [-0.15, -0.1) is 0 Å². The zero-order valence-corrected chi connectivity index (χ0v) is 25.0. The minimum absolute atomic E-state index is 0.0653. The Morgan fingerprint density at radius 1 is 1.26 bits per heavy atom. The average Bonchev–Trinajstić information content (AvgIpc) is 3.24. The number of carbonyl (C=O) groups excluding carboxylic acids is 1. The Labute approximate surface area is 228 Å². The summed E-state index contributed by atoms with van der Waals surface area (Å²) in [5, 5.41) is 3.09. The molecule has 2 aliphatic rings. The molecule has 8 heteroatoms. The second-order valence-corrected chi connectivity index (χ2v) is 15.2. The number of hydrogen-bond donors (Lipinski definition) is 2. The normalized spacial score (nSPS) is 17.1. The average molecular weight is 698 g/mol. The molecule has 0 atom stereocenters. The Morgan fingerprint density at radius 3 is 2.63 bits per heavy atom. The summed E-state index contributed by atoms with van der Waals surface area (Å²) in [4.78, 5) is 23.5. The van der Waals surface area contributed by atoms with E-state index in [1.807, 2.05) is 19.1 Å². The molecule has 0 saturated carbocycles. The molecule has 0 unspecified atom stereocenters. The van der Waals surface area contributed by atoms with Gasteiger partial charge in [-0.3, -0.25) is 0 Å². The first kappa shape index (κ1) is 26.2. The molecule has 35 heavy (non-hydrogen) atoms. The van der Waals surface area contributed by atoms with Crippen LogP contribution in [0.2, 0.25) is 0 Å². The maximum absolute atomic E-state index is 11.5. The topological polar surface area (TPSA) is 83.6 Å². The molecule has 188 valence electrons. The van der Waals surface area contributed by atoms with Crippen molar-refractivity contribution in [1.29, 1.82) is 0 Å². The van der Waals surface area contributed by atoms with Gasteiger partial charge in [0.2, 0.25) is 0 Å². The van der Waals surface area contributed by atoms with E-state index >= 15 is 0 Å². The summed E-state index contributed by atoms with van der Waals surface area (Å²) in [5.41, 5.74) is 10.4. The van der Waals surface area contributed by atoms with E-state index < -0.39 is 0 Å². The third kappa shape index (κ3) is 7.83. The number of anilines is 1. The van der Waals surface area contributed by atoms with Gasteiger partial charge in [-0.2, -0.15) is 0 Å². The minimum atomic E-state index is -0.234. The first-order valence-corrected chi connectivity index (χ1v) is 16.9. The second kappa shape index (κ2) is 12.4. The Morgan fingerprint density at radius 2 is 2.00 bits per heavy atom. The number of hydrogen-bond acceptors (Lipinski definition) is 4. The summed E-state index contributed by atoms with van der Waals surface area (Å²) in [6.45, 7) is 7.81. The van der Waals surface area contributed by atoms with Gasteiger partial charge in [-0.25, -0.2) is 0 Å². The predicted molar refractivity (Wildman–Crippen MR) is 150 cm³/mol. The van der Waals surface area contributed by atoms with Crippen LogP contribution in [0.25, 0.3) is 0 Å². The van der Waals surface area contributed by atoms with E-state index in [9.17, 15) is 4.79 Å². The van der Waals surface area contributed by atoms with Crippen molar-refractivity contribution < 1.29 is 26.0 Å². The van der Waals surface area contributed by atoms with Crippen LogP contribution in [0.5, 0.6) is 0 Å². The molecule has 2 aliphatic heterocycles. The van der Waals surface area contributed by atoms with Gasteiger partial charge >= 0.3 is 230 Å². The van der Waals surface area contributed by atoms with Crippen LogP contribution in [0.4, 0.5) is 11.4 Å². The number of alkyl halides is 1. The van der Waals surface area contributed by atoms with E-state index in [0.29, 0.717) is 5.84 Å². The zero-order valence-electron chi connectivity index (χ0n) is 20.7. The third-order valence-electron chi connectivity index (χ3n) is 6.03. The Balaban J connectivity index is 1.53. The molecule has 4 rings (SSSR count). The number of nitrogens with one attached hydrogen (secondary N) is 1. The SMILES string of the molecule is CCC(N)=Nc1ccc(Cc2cc(N3CCC(NC(C)=O)CC3)cc([I-]C3=CC(C)=IC3)n2)cc1. The molecule has 3 heterocycles. The van der Waals surface area contributed by atoms with E-state index in [1.165, 1.54) is 19.4 Å². The number of rotatable bonds is 8. The maximum atomic E-state index is 11.5. The zero-order chi connectivity index (χ0) is 24.8. The van der Waals surface area contributed by atoms with Gasteiger partial charge < -0.3 is 0 Å². The number of amides is 1. The molecule has 2 aromatic rings. The number of amidine groups is 1. The number of nitrogens with zero attached hydrogens (tertiary/aromatic N) is 3. The molecule has 6 nitrogen and oxygen atoms in total. The first-order valence-electron chi connectivity index (χ1n) is 12.1.